The van der Waals surface area contributed by atoms with Crippen molar-refractivity contribution in [1.82, 2.24) is 14.9 Å². The van der Waals surface area contributed by atoms with Gasteiger partial charge in [-0.1, -0.05) is 0 Å². The van der Waals surface area contributed by atoms with Gasteiger partial charge in [-0.3, -0.25) is 9.79 Å². The van der Waals surface area contributed by atoms with Gasteiger partial charge in [-0.05, 0) is 18.6 Å². The number of amides is 1. The first-order valence-electron chi connectivity index (χ1n) is 5.66. The van der Waals surface area contributed by atoms with Gasteiger partial charge in [-0.25, -0.2) is 9.97 Å². The van der Waals surface area contributed by atoms with E-state index in [0.717, 1.165) is 11.3 Å². The molecule has 100 valence electrons. The number of allylic oxidation sites excluding steroid dienone is 1. The second-order valence-corrected chi connectivity index (χ2v) is 3.86. The molecule has 1 rings (SSSR count). The number of rotatable bonds is 5. The summed E-state index contributed by atoms with van der Waals surface area (Å²) in [5.74, 6) is 0.493. The standard InChI is InChI=1S/C13H17N5O/c1-10-7-16-13(11(6-14)8-15-2)17-12(10)4-5-18(3)9-19/h4-9H,14H2,1-3H3/b5-4-,11-6?,15-8?. The molecule has 0 saturated heterocycles. The van der Waals surface area contributed by atoms with E-state index >= 15 is 0 Å². The van der Waals surface area contributed by atoms with Crippen LogP contribution in [0.25, 0.3) is 11.6 Å². The molecule has 0 radical (unpaired) electrons. The van der Waals surface area contributed by atoms with Crippen molar-refractivity contribution in [2.75, 3.05) is 14.1 Å². The van der Waals surface area contributed by atoms with Gasteiger partial charge in [0.05, 0.1) is 11.3 Å². The highest BCUT2D eigenvalue weighted by Crippen LogP contribution is 2.11. The van der Waals surface area contributed by atoms with E-state index in [4.69, 9.17) is 5.73 Å². The molecule has 19 heavy (non-hydrogen) atoms. The fraction of sp³-hybridized carbons (Fsp3) is 0.231. The molecule has 6 heteroatoms. The molecule has 6 nitrogen and oxygen atoms in total. The highest BCUT2D eigenvalue weighted by molar-refractivity contribution is 6.08. The molecule has 0 fully saturated rings. The zero-order chi connectivity index (χ0) is 14.3. The predicted molar refractivity (Wildman–Crippen MR) is 76.2 cm³/mol. The van der Waals surface area contributed by atoms with Crippen LogP contribution in [-0.4, -0.2) is 41.6 Å². The number of carbonyl (C=O) groups is 1. The topological polar surface area (TPSA) is 84.5 Å². The van der Waals surface area contributed by atoms with Gasteiger partial charge in [0.15, 0.2) is 5.82 Å². The van der Waals surface area contributed by atoms with Crippen LogP contribution in [0.5, 0.6) is 0 Å². The van der Waals surface area contributed by atoms with Crippen LogP contribution in [0.3, 0.4) is 0 Å². The number of aliphatic imine (C=N–C) groups is 1. The Balaban J connectivity index is 3.13. The number of aryl methyl sites for hydroxylation is 1. The molecule has 0 bridgehead atoms. The van der Waals surface area contributed by atoms with Crippen molar-refractivity contribution >= 4 is 24.3 Å². The maximum absolute atomic E-state index is 10.5. The summed E-state index contributed by atoms with van der Waals surface area (Å²) in [5, 5.41) is 0. The van der Waals surface area contributed by atoms with E-state index in [1.807, 2.05) is 6.92 Å². The average Bonchev–Trinajstić information content (AvgIpc) is 2.43. The van der Waals surface area contributed by atoms with Crippen LogP contribution < -0.4 is 5.73 Å². The fourth-order valence-corrected chi connectivity index (χ4v) is 1.30. The molecular formula is C13H17N5O. The van der Waals surface area contributed by atoms with Gasteiger partial charge in [0, 0.05) is 38.9 Å². The first-order chi connectivity index (χ1) is 9.12. The van der Waals surface area contributed by atoms with Crippen molar-refractivity contribution in [1.29, 1.82) is 0 Å². The number of hydrogen-bond acceptors (Lipinski definition) is 5. The first-order valence-corrected chi connectivity index (χ1v) is 5.66. The molecule has 0 unspecified atom stereocenters. The lowest BCUT2D eigenvalue weighted by Gasteiger charge is -2.05. The maximum atomic E-state index is 10.5. The summed E-state index contributed by atoms with van der Waals surface area (Å²) in [6.07, 6.45) is 8.79. The molecule has 0 saturated carbocycles. The fourth-order valence-electron chi connectivity index (χ4n) is 1.30. The summed E-state index contributed by atoms with van der Waals surface area (Å²) in [4.78, 5) is 24.4. The van der Waals surface area contributed by atoms with Gasteiger partial charge in [-0.2, -0.15) is 0 Å². The summed E-state index contributed by atoms with van der Waals surface area (Å²) < 4.78 is 0. The predicted octanol–water partition coefficient (Wildman–Crippen LogP) is 0.844. The number of hydrogen-bond donors (Lipinski definition) is 1. The molecule has 0 aromatic carbocycles. The van der Waals surface area contributed by atoms with Crippen LogP contribution in [0.1, 0.15) is 17.1 Å². The van der Waals surface area contributed by atoms with Gasteiger partial charge < -0.3 is 10.6 Å². The van der Waals surface area contributed by atoms with Gasteiger partial charge in [0.2, 0.25) is 6.41 Å². The normalized spacial score (nSPS) is 12.3. The van der Waals surface area contributed by atoms with Crippen molar-refractivity contribution in [2.24, 2.45) is 10.7 Å². The summed E-state index contributed by atoms with van der Waals surface area (Å²) in [5.41, 5.74) is 7.79. The Labute approximate surface area is 112 Å². The molecule has 2 N–H and O–H groups in total. The molecule has 0 atom stereocenters. The van der Waals surface area contributed by atoms with Crippen molar-refractivity contribution in [3.05, 3.63) is 35.7 Å². The zero-order valence-electron chi connectivity index (χ0n) is 11.2. The molecule has 1 aromatic rings. The quantitative estimate of drug-likeness (QED) is 0.627. The van der Waals surface area contributed by atoms with Crippen LogP contribution in [-0.2, 0) is 4.79 Å². The third kappa shape index (κ3) is 4.02. The molecular weight excluding hydrogens is 242 g/mol. The zero-order valence-corrected chi connectivity index (χ0v) is 11.2. The molecule has 1 aromatic heterocycles. The summed E-state index contributed by atoms with van der Waals surface area (Å²) in [7, 11) is 3.30. The minimum absolute atomic E-state index is 0.493. The number of nitrogens with two attached hydrogens (primary N) is 1. The molecule has 0 aliphatic rings. The monoisotopic (exact) mass is 259 g/mol. The molecule has 0 aliphatic carbocycles. The van der Waals surface area contributed by atoms with E-state index in [1.54, 1.807) is 38.8 Å². The van der Waals surface area contributed by atoms with Gasteiger partial charge >= 0.3 is 0 Å². The lowest BCUT2D eigenvalue weighted by molar-refractivity contribution is -0.114. The third-order valence-corrected chi connectivity index (χ3v) is 2.35. The number of carbonyl (C=O) groups excluding carboxylic acids is 1. The Hall–Kier alpha value is -2.50. The van der Waals surface area contributed by atoms with Crippen molar-refractivity contribution in [2.45, 2.75) is 6.92 Å². The Morgan fingerprint density at radius 2 is 2.26 bits per heavy atom. The smallest absolute Gasteiger partial charge is 0.213 e. The van der Waals surface area contributed by atoms with E-state index in [2.05, 4.69) is 15.0 Å². The summed E-state index contributed by atoms with van der Waals surface area (Å²) >= 11 is 0. The Morgan fingerprint density at radius 3 is 2.84 bits per heavy atom. The van der Waals surface area contributed by atoms with Gasteiger partial charge in [0.1, 0.15) is 0 Å². The van der Waals surface area contributed by atoms with Crippen LogP contribution in [0.2, 0.25) is 0 Å². The largest absolute Gasteiger partial charge is 0.404 e. The SMILES string of the molecule is CN=CC(=CN)c1ncc(C)c(/C=C\N(C)C=O)n1. The molecule has 1 amide bonds. The highest BCUT2D eigenvalue weighted by atomic mass is 16.1. The Kier molecular flexibility index (Phi) is 5.40. The van der Waals surface area contributed by atoms with E-state index in [9.17, 15) is 4.79 Å². The first kappa shape index (κ1) is 14.6. The van der Waals surface area contributed by atoms with E-state index in [-0.39, 0.29) is 0 Å². The van der Waals surface area contributed by atoms with Crippen LogP contribution in [0.15, 0.2) is 23.6 Å². The van der Waals surface area contributed by atoms with E-state index in [1.165, 1.54) is 11.1 Å². The molecule has 1 heterocycles. The van der Waals surface area contributed by atoms with Crippen LogP contribution in [0, 0.1) is 6.92 Å². The van der Waals surface area contributed by atoms with Crippen molar-refractivity contribution in [3.63, 3.8) is 0 Å². The van der Waals surface area contributed by atoms with E-state index < -0.39 is 0 Å². The summed E-state index contributed by atoms with van der Waals surface area (Å²) in [6, 6.07) is 0. The van der Waals surface area contributed by atoms with Crippen LogP contribution in [0.4, 0.5) is 0 Å². The second-order valence-electron chi connectivity index (χ2n) is 3.86. The van der Waals surface area contributed by atoms with Crippen molar-refractivity contribution < 1.29 is 4.79 Å². The minimum atomic E-state index is 0.493. The maximum Gasteiger partial charge on any atom is 0.213 e. The Bertz CT molecular complexity index is 534. The van der Waals surface area contributed by atoms with Gasteiger partial charge in [0.25, 0.3) is 0 Å². The number of aromatic nitrogens is 2. The summed E-state index contributed by atoms with van der Waals surface area (Å²) in [6.45, 7) is 1.89. The minimum Gasteiger partial charge on any atom is -0.404 e. The van der Waals surface area contributed by atoms with E-state index in [0.29, 0.717) is 17.8 Å². The highest BCUT2D eigenvalue weighted by Gasteiger charge is 2.05. The number of nitrogens with zero attached hydrogens (tertiary/aromatic N) is 4. The third-order valence-electron chi connectivity index (χ3n) is 2.35. The lowest BCUT2D eigenvalue weighted by atomic mass is 10.2. The second kappa shape index (κ2) is 7.05. The Morgan fingerprint density at radius 1 is 1.53 bits per heavy atom. The molecule has 0 aliphatic heterocycles. The van der Waals surface area contributed by atoms with Crippen molar-refractivity contribution in [3.8, 4) is 0 Å². The molecule has 0 spiro atoms. The van der Waals surface area contributed by atoms with Crippen LogP contribution >= 0.6 is 0 Å². The van der Waals surface area contributed by atoms with Gasteiger partial charge in [-0.15, -0.1) is 0 Å². The lowest BCUT2D eigenvalue weighted by Crippen LogP contribution is -2.06. The average molecular weight is 259 g/mol.